The van der Waals surface area contributed by atoms with Crippen LogP contribution >= 0.6 is 11.6 Å². The number of methoxy groups -OCH3 is 1. The summed E-state index contributed by atoms with van der Waals surface area (Å²) in [6.07, 6.45) is -0.348. The van der Waals surface area contributed by atoms with Crippen molar-refractivity contribution in [3.05, 3.63) is 63.7 Å². The topological polar surface area (TPSA) is 71.1 Å². The molecule has 2 aromatic carbocycles. The number of rotatable bonds is 6. The number of amides is 2. The molecule has 0 atom stereocenters. The summed E-state index contributed by atoms with van der Waals surface area (Å²) >= 11 is 6.48. The van der Waals surface area contributed by atoms with Crippen LogP contribution in [0.25, 0.3) is 0 Å². The fraction of sp³-hybridized carbons (Fsp3) is 0.500. The maximum absolute atomic E-state index is 13.3. The number of ether oxygens (including phenoxy) is 2. The van der Waals surface area contributed by atoms with E-state index in [1.54, 1.807) is 12.0 Å². The van der Waals surface area contributed by atoms with Gasteiger partial charge in [0, 0.05) is 29.9 Å². The molecule has 2 amide bonds. The fourth-order valence-electron chi connectivity index (χ4n) is 5.22. The molecule has 0 unspecified atom stereocenters. The van der Waals surface area contributed by atoms with Gasteiger partial charge < -0.3 is 24.6 Å². The van der Waals surface area contributed by atoms with Gasteiger partial charge in [-0.3, -0.25) is 4.79 Å². The second kappa shape index (κ2) is 9.27. The van der Waals surface area contributed by atoms with E-state index in [0.717, 1.165) is 22.4 Å². The molecule has 2 aromatic rings. The van der Waals surface area contributed by atoms with Crippen LogP contribution in [0.5, 0.6) is 0 Å². The standard InChI is InChI=1S/C28H36ClN3O4/c1-18-21(9-8-10-23(18)29)28(16-31(17-28)25(34)36-26(2,3)4)30-19-11-12-22-20(15-19)24(33)32(13-14-35-7)27(22,5)6/h8-12,15,30H,13-14,16-17H2,1-7H3. The fourth-order valence-corrected chi connectivity index (χ4v) is 5.40. The highest BCUT2D eigenvalue weighted by Crippen LogP contribution is 2.43. The van der Waals surface area contributed by atoms with E-state index in [-0.39, 0.29) is 12.0 Å². The zero-order valence-corrected chi connectivity index (χ0v) is 23.0. The van der Waals surface area contributed by atoms with Crippen LogP contribution in [0.1, 0.15) is 61.7 Å². The highest BCUT2D eigenvalue weighted by atomic mass is 35.5. The van der Waals surface area contributed by atoms with E-state index in [4.69, 9.17) is 21.1 Å². The first-order valence-electron chi connectivity index (χ1n) is 12.3. The van der Waals surface area contributed by atoms with Gasteiger partial charge >= 0.3 is 6.09 Å². The number of carbonyl (C=O) groups is 2. The smallest absolute Gasteiger partial charge is 0.410 e. The van der Waals surface area contributed by atoms with Crippen LogP contribution < -0.4 is 5.32 Å². The minimum atomic E-state index is -0.573. The molecule has 1 saturated heterocycles. The van der Waals surface area contributed by atoms with Gasteiger partial charge in [0.25, 0.3) is 5.91 Å². The summed E-state index contributed by atoms with van der Waals surface area (Å²) in [5, 5.41) is 4.33. The van der Waals surface area contributed by atoms with E-state index in [1.807, 2.05) is 69.0 Å². The Hall–Kier alpha value is -2.77. The van der Waals surface area contributed by atoms with E-state index in [9.17, 15) is 9.59 Å². The molecule has 2 heterocycles. The predicted octanol–water partition coefficient (Wildman–Crippen LogP) is 5.54. The summed E-state index contributed by atoms with van der Waals surface area (Å²) in [6.45, 7) is 13.5. The Kier molecular flexibility index (Phi) is 6.77. The highest BCUT2D eigenvalue weighted by molar-refractivity contribution is 6.31. The number of halogens is 1. The van der Waals surface area contributed by atoms with Crippen molar-refractivity contribution in [2.45, 2.75) is 58.2 Å². The molecule has 0 saturated carbocycles. The molecule has 0 radical (unpaired) electrons. The van der Waals surface area contributed by atoms with E-state index < -0.39 is 16.7 Å². The molecule has 1 N–H and O–H groups in total. The first-order chi connectivity index (χ1) is 16.8. The van der Waals surface area contributed by atoms with Gasteiger partial charge in [-0.05, 0) is 76.4 Å². The molecule has 194 valence electrons. The molecule has 36 heavy (non-hydrogen) atoms. The van der Waals surface area contributed by atoms with Crippen molar-refractivity contribution in [3.8, 4) is 0 Å². The van der Waals surface area contributed by atoms with Gasteiger partial charge in [-0.2, -0.15) is 0 Å². The third-order valence-electron chi connectivity index (χ3n) is 7.09. The summed E-state index contributed by atoms with van der Waals surface area (Å²) in [4.78, 5) is 29.6. The molecule has 0 bridgehead atoms. The average molecular weight is 514 g/mol. The minimum Gasteiger partial charge on any atom is -0.444 e. The highest BCUT2D eigenvalue weighted by Gasteiger charge is 2.49. The van der Waals surface area contributed by atoms with Crippen molar-refractivity contribution >= 4 is 29.3 Å². The number of likely N-dealkylation sites (tertiary alicyclic amines) is 1. The van der Waals surface area contributed by atoms with Crippen molar-refractivity contribution in [1.29, 1.82) is 0 Å². The number of benzene rings is 2. The number of nitrogens with zero attached hydrogens (tertiary/aromatic N) is 2. The summed E-state index contributed by atoms with van der Waals surface area (Å²) in [7, 11) is 1.64. The van der Waals surface area contributed by atoms with E-state index >= 15 is 0 Å². The van der Waals surface area contributed by atoms with Crippen molar-refractivity contribution in [2.24, 2.45) is 0 Å². The molecule has 0 spiro atoms. The lowest BCUT2D eigenvalue weighted by molar-refractivity contribution is -0.00491. The summed E-state index contributed by atoms with van der Waals surface area (Å²) in [6, 6.07) is 11.8. The normalized spacial score (nSPS) is 18.1. The van der Waals surface area contributed by atoms with Crippen LogP contribution in [0.15, 0.2) is 36.4 Å². The Morgan fingerprint density at radius 2 is 1.83 bits per heavy atom. The van der Waals surface area contributed by atoms with Crippen LogP contribution in [0.4, 0.5) is 10.5 Å². The molecule has 2 aliphatic rings. The average Bonchev–Trinajstić information content (AvgIpc) is 2.94. The number of hydrogen-bond acceptors (Lipinski definition) is 5. The van der Waals surface area contributed by atoms with Crippen molar-refractivity contribution in [3.63, 3.8) is 0 Å². The Morgan fingerprint density at radius 3 is 2.47 bits per heavy atom. The first kappa shape index (κ1) is 26.3. The monoisotopic (exact) mass is 513 g/mol. The largest absolute Gasteiger partial charge is 0.444 e. The SMILES string of the molecule is COCCN1C(=O)c2cc(NC3(c4cccc(Cl)c4C)CN(C(=O)OC(C)(C)C)C3)ccc2C1(C)C. The van der Waals surface area contributed by atoms with Gasteiger partial charge in [-0.15, -0.1) is 0 Å². The third kappa shape index (κ3) is 4.66. The molecule has 7 nitrogen and oxygen atoms in total. The molecule has 0 aliphatic carbocycles. The van der Waals surface area contributed by atoms with Crippen molar-refractivity contribution in [2.75, 3.05) is 38.7 Å². The zero-order chi connectivity index (χ0) is 26.5. The molecular weight excluding hydrogens is 478 g/mol. The molecule has 1 fully saturated rings. The molecule has 8 heteroatoms. The van der Waals surface area contributed by atoms with Crippen LogP contribution in [0, 0.1) is 6.92 Å². The summed E-state index contributed by atoms with van der Waals surface area (Å²) in [5.41, 5.74) is 2.91. The number of hydrogen-bond donors (Lipinski definition) is 1. The lowest BCUT2D eigenvalue weighted by Crippen LogP contribution is -2.65. The Morgan fingerprint density at radius 1 is 1.14 bits per heavy atom. The summed E-state index contributed by atoms with van der Waals surface area (Å²) < 4.78 is 10.8. The summed E-state index contributed by atoms with van der Waals surface area (Å²) in [5.74, 6) is -0.00678. The second-order valence-electron chi connectivity index (χ2n) is 11.2. The predicted molar refractivity (Wildman–Crippen MR) is 142 cm³/mol. The zero-order valence-electron chi connectivity index (χ0n) is 22.2. The maximum Gasteiger partial charge on any atom is 0.410 e. The lowest BCUT2D eigenvalue weighted by Gasteiger charge is -2.51. The third-order valence-corrected chi connectivity index (χ3v) is 7.50. The van der Waals surface area contributed by atoms with Gasteiger partial charge in [0.15, 0.2) is 0 Å². The Balaban J connectivity index is 1.66. The number of carbonyl (C=O) groups excluding carboxylic acids is 2. The van der Waals surface area contributed by atoms with Crippen LogP contribution in [-0.4, -0.2) is 60.8 Å². The molecule has 0 aromatic heterocycles. The lowest BCUT2D eigenvalue weighted by atomic mass is 9.79. The first-order valence-corrected chi connectivity index (χ1v) is 12.6. The van der Waals surface area contributed by atoms with Crippen LogP contribution in [-0.2, 0) is 20.6 Å². The number of nitrogens with one attached hydrogen (secondary N) is 1. The van der Waals surface area contributed by atoms with Crippen LogP contribution in [0.3, 0.4) is 0 Å². The number of fused-ring (bicyclic) bond motifs is 1. The quantitative estimate of drug-likeness (QED) is 0.548. The molecular formula is C28H36ClN3O4. The molecule has 2 aliphatic heterocycles. The maximum atomic E-state index is 13.3. The molecule has 4 rings (SSSR count). The van der Waals surface area contributed by atoms with Crippen molar-refractivity contribution in [1.82, 2.24) is 9.80 Å². The van der Waals surface area contributed by atoms with Crippen LogP contribution in [0.2, 0.25) is 5.02 Å². The Labute approximate surface area is 218 Å². The van der Waals surface area contributed by atoms with E-state index in [0.29, 0.717) is 36.8 Å². The van der Waals surface area contributed by atoms with Gasteiger partial charge in [-0.1, -0.05) is 29.8 Å². The van der Waals surface area contributed by atoms with Crippen molar-refractivity contribution < 1.29 is 19.1 Å². The second-order valence-corrected chi connectivity index (χ2v) is 11.6. The van der Waals surface area contributed by atoms with Gasteiger partial charge in [0.1, 0.15) is 5.60 Å². The minimum absolute atomic E-state index is 0.00678. The number of anilines is 1. The van der Waals surface area contributed by atoms with Gasteiger partial charge in [0.2, 0.25) is 0 Å². The van der Waals surface area contributed by atoms with E-state index in [2.05, 4.69) is 19.2 Å². The van der Waals surface area contributed by atoms with E-state index in [1.165, 1.54) is 0 Å². The Bertz CT molecular complexity index is 1180. The van der Waals surface area contributed by atoms with Gasteiger partial charge in [-0.25, -0.2) is 4.79 Å². The van der Waals surface area contributed by atoms with Gasteiger partial charge in [0.05, 0.1) is 30.8 Å².